The lowest BCUT2D eigenvalue weighted by Gasteiger charge is -2.36. The summed E-state index contributed by atoms with van der Waals surface area (Å²) < 4.78 is 1.08. The quantitative estimate of drug-likeness (QED) is 0.869. The van der Waals surface area contributed by atoms with Gasteiger partial charge in [0, 0.05) is 42.9 Å². The first-order valence-electron chi connectivity index (χ1n) is 8.21. The van der Waals surface area contributed by atoms with Gasteiger partial charge in [-0.1, -0.05) is 46.3 Å². The van der Waals surface area contributed by atoms with E-state index in [1.54, 1.807) is 0 Å². The highest BCUT2D eigenvalue weighted by Gasteiger charge is 2.21. The Bertz CT molecular complexity index is 711. The van der Waals surface area contributed by atoms with Crippen LogP contribution in [0.2, 0.25) is 0 Å². The van der Waals surface area contributed by atoms with Crippen LogP contribution >= 0.6 is 15.9 Å². The van der Waals surface area contributed by atoms with Crippen molar-refractivity contribution in [2.24, 2.45) is 0 Å². The minimum Gasteiger partial charge on any atom is -0.368 e. The molecule has 0 radical (unpaired) electrons. The molecular formula is C19H22BrN3O. The molecule has 1 N–H and O–H groups in total. The Kier molecular flexibility index (Phi) is 5.41. The molecule has 0 aliphatic carbocycles. The van der Waals surface area contributed by atoms with Crippen molar-refractivity contribution in [3.63, 3.8) is 0 Å². The first kappa shape index (κ1) is 16.8. The number of benzene rings is 2. The van der Waals surface area contributed by atoms with Crippen molar-refractivity contribution in [1.82, 2.24) is 10.2 Å². The average Bonchev–Trinajstić information content (AvgIpc) is 2.61. The van der Waals surface area contributed by atoms with E-state index >= 15 is 0 Å². The van der Waals surface area contributed by atoms with E-state index in [1.807, 2.05) is 29.2 Å². The molecule has 1 saturated heterocycles. The molecule has 1 fully saturated rings. The SMILES string of the molecule is Cc1ccccc1CNC(=O)N1CCN(c2cccc(Br)c2)CC1. The summed E-state index contributed by atoms with van der Waals surface area (Å²) in [5, 5.41) is 3.03. The molecule has 4 nitrogen and oxygen atoms in total. The van der Waals surface area contributed by atoms with Gasteiger partial charge >= 0.3 is 6.03 Å². The number of nitrogens with zero attached hydrogens (tertiary/aromatic N) is 2. The molecule has 2 aromatic rings. The lowest BCUT2D eigenvalue weighted by molar-refractivity contribution is 0.194. The van der Waals surface area contributed by atoms with Gasteiger partial charge in [-0.3, -0.25) is 0 Å². The van der Waals surface area contributed by atoms with E-state index in [2.05, 4.69) is 57.3 Å². The molecule has 1 aliphatic rings. The predicted molar refractivity (Wildman–Crippen MR) is 101 cm³/mol. The summed E-state index contributed by atoms with van der Waals surface area (Å²) in [4.78, 5) is 16.6. The van der Waals surface area contributed by atoms with Crippen molar-refractivity contribution in [2.75, 3.05) is 31.1 Å². The molecule has 0 aromatic heterocycles. The second-order valence-corrected chi connectivity index (χ2v) is 6.95. The van der Waals surface area contributed by atoms with Gasteiger partial charge in [0.1, 0.15) is 0 Å². The number of carbonyl (C=O) groups excluding carboxylic acids is 1. The van der Waals surface area contributed by atoms with Gasteiger partial charge in [0.05, 0.1) is 0 Å². The summed E-state index contributed by atoms with van der Waals surface area (Å²) in [6.45, 7) is 5.84. The monoisotopic (exact) mass is 387 g/mol. The number of halogens is 1. The van der Waals surface area contributed by atoms with Gasteiger partial charge in [0.25, 0.3) is 0 Å². The van der Waals surface area contributed by atoms with Crippen molar-refractivity contribution < 1.29 is 4.79 Å². The highest BCUT2D eigenvalue weighted by molar-refractivity contribution is 9.10. The summed E-state index contributed by atoms with van der Waals surface area (Å²) in [6.07, 6.45) is 0. The van der Waals surface area contributed by atoms with E-state index < -0.39 is 0 Å². The maximum atomic E-state index is 12.4. The second-order valence-electron chi connectivity index (χ2n) is 6.04. The van der Waals surface area contributed by atoms with E-state index in [0.717, 1.165) is 30.7 Å². The van der Waals surface area contributed by atoms with Gasteiger partial charge in [-0.2, -0.15) is 0 Å². The molecule has 2 aromatic carbocycles. The van der Waals surface area contributed by atoms with Gasteiger partial charge in [-0.25, -0.2) is 4.79 Å². The highest BCUT2D eigenvalue weighted by atomic mass is 79.9. The molecule has 5 heteroatoms. The van der Waals surface area contributed by atoms with E-state index in [1.165, 1.54) is 16.8 Å². The van der Waals surface area contributed by atoms with Crippen LogP contribution in [0.25, 0.3) is 0 Å². The van der Waals surface area contributed by atoms with Gasteiger partial charge < -0.3 is 15.1 Å². The summed E-state index contributed by atoms with van der Waals surface area (Å²) >= 11 is 3.51. The van der Waals surface area contributed by atoms with Crippen LogP contribution in [0.15, 0.2) is 53.0 Å². The van der Waals surface area contributed by atoms with Gasteiger partial charge in [0.15, 0.2) is 0 Å². The van der Waals surface area contributed by atoms with Gasteiger partial charge in [0.2, 0.25) is 0 Å². The Morgan fingerprint density at radius 1 is 1.08 bits per heavy atom. The largest absolute Gasteiger partial charge is 0.368 e. The summed E-state index contributed by atoms with van der Waals surface area (Å²) in [7, 11) is 0. The molecule has 0 saturated carbocycles. The van der Waals surface area contributed by atoms with Crippen LogP contribution in [-0.4, -0.2) is 37.1 Å². The smallest absolute Gasteiger partial charge is 0.317 e. The first-order chi connectivity index (χ1) is 11.6. The number of aryl methyl sites for hydroxylation is 1. The molecule has 3 rings (SSSR count). The number of amides is 2. The third-order valence-electron chi connectivity index (χ3n) is 4.43. The van der Waals surface area contributed by atoms with Crippen LogP contribution in [0, 0.1) is 6.92 Å². The Morgan fingerprint density at radius 3 is 2.54 bits per heavy atom. The third-order valence-corrected chi connectivity index (χ3v) is 4.92. The zero-order valence-electron chi connectivity index (χ0n) is 13.8. The third kappa shape index (κ3) is 4.09. The highest BCUT2D eigenvalue weighted by Crippen LogP contribution is 2.21. The van der Waals surface area contributed by atoms with E-state index in [9.17, 15) is 4.79 Å². The van der Waals surface area contributed by atoms with Gasteiger partial charge in [-0.15, -0.1) is 0 Å². The number of hydrogen-bond donors (Lipinski definition) is 1. The molecule has 24 heavy (non-hydrogen) atoms. The standard InChI is InChI=1S/C19H22BrN3O/c1-15-5-2-3-6-16(15)14-21-19(24)23-11-9-22(10-12-23)18-8-4-7-17(20)13-18/h2-8,13H,9-12,14H2,1H3,(H,21,24). The molecular weight excluding hydrogens is 366 g/mol. The van der Waals surface area contributed by atoms with Crippen LogP contribution < -0.4 is 10.2 Å². The number of rotatable bonds is 3. The van der Waals surface area contributed by atoms with E-state index in [4.69, 9.17) is 0 Å². The number of nitrogens with one attached hydrogen (secondary N) is 1. The first-order valence-corrected chi connectivity index (χ1v) is 9.00. The summed E-state index contributed by atoms with van der Waals surface area (Å²) in [5.74, 6) is 0. The Balaban J connectivity index is 1.51. The maximum Gasteiger partial charge on any atom is 0.317 e. The number of urea groups is 1. The molecule has 1 aliphatic heterocycles. The fourth-order valence-electron chi connectivity index (χ4n) is 2.93. The summed E-state index contributed by atoms with van der Waals surface area (Å²) in [6, 6.07) is 16.5. The molecule has 2 amide bonds. The van der Waals surface area contributed by atoms with Crippen molar-refractivity contribution in [2.45, 2.75) is 13.5 Å². The van der Waals surface area contributed by atoms with Gasteiger partial charge in [-0.05, 0) is 36.2 Å². The fourth-order valence-corrected chi connectivity index (χ4v) is 3.32. The minimum atomic E-state index is 0.0205. The number of piperazine rings is 1. The predicted octanol–water partition coefficient (Wildman–Crippen LogP) is 3.79. The Morgan fingerprint density at radius 2 is 1.83 bits per heavy atom. The molecule has 1 heterocycles. The number of hydrogen-bond acceptors (Lipinski definition) is 2. The van der Waals surface area contributed by atoms with Crippen molar-refractivity contribution in [3.05, 3.63) is 64.1 Å². The lowest BCUT2D eigenvalue weighted by atomic mass is 10.1. The van der Waals surface area contributed by atoms with E-state index in [-0.39, 0.29) is 6.03 Å². The van der Waals surface area contributed by atoms with Crippen LogP contribution in [0.5, 0.6) is 0 Å². The molecule has 0 unspecified atom stereocenters. The van der Waals surface area contributed by atoms with Crippen LogP contribution in [-0.2, 0) is 6.54 Å². The topological polar surface area (TPSA) is 35.6 Å². The molecule has 126 valence electrons. The minimum absolute atomic E-state index is 0.0205. The number of anilines is 1. The number of carbonyl (C=O) groups is 1. The zero-order valence-corrected chi connectivity index (χ0v) is 15.4. The van der Waals surface area contributed by atoms with Crippen molar-refractivity contribution >= 4 is 27.6 Å². The van der Waals surface area contributed by atoms with Crippen LogP contribution in [0.4, 0.5) is 10.5 Å². The van der Waals surface area contributed by atoms with Crippen LogP contribution in [0.3, 0.4) is 0 Å². The normalized spacial score (nSPS) is 14.6. The molecule has 0 atom stereocenters. The Labute approximate surface area is 151 Å². The van der Waals surface area contributed by atoms with E-state index in [0.29, 0.717) is 6.54 Å². The summed E-state index contributed by atoms with van der Waals surface area (Å²) in [5.41, 5.74) is 3.57. The fraction of sp³-hybridized carbons (Fsp3) is 0.316. The zero-order chi connectivity index (χ0) is 16.9. The van der Waals surface area contributed by atoms with Crippen molar-refractivity contribution in [3.8, 4) is 0 Å². The van der Waals surface area contributed by atoms with Crippen molar-refractivity contribution in [1.29, 1.82) is 0 Å². The lowest BCUT2D eigenvalue weighted by Crippen LogP contribution is -2.51. The maximum absolute atomic E-state index is 12.4. The molecule has 0 bridgehead atoms. The average molecular weight is 388 g/mol. The molecule has 0 spiro atoms. The Hall–Kier alpha value is -2.01. The second kappa shape index (κ2) is 7.71. The van der Waals surface area contributed by atoms with Crippen LogP contribution in [0.1, 0.15) is 11.1 Å².